The average Bonchev–Trinajstić information content (AvgIpc) is 2.52. The Hall–Kier alpha value is -1.60. The molecule has 0 radical (unpaired) electrons. The lowest BCUT2D eigenvalue weighted by Crippen LogP contribution is -2.46. The number of morpholine rings is 1. The lowest BCUT2D eigenvalue weighted by atomic mass is 10.1. The van der Waals surface area contributed by atoms with Crippen LogP contribution in [0, 0.1) is 0 Å². The summed E-state index contributed by atoms with van der Waals surface area (Å²) in [5.41, 5.74) is -0.480. The van der Waals surface area contributed by atoms with Crippen molar-refractivity contribution in [3.8, 4) is 0 Å². The Morgan fingerprint density at radius 3 is 2.52 bits per heavy atom. The third kappa shape index (κ3) is 4.94. The van der Waals surface area contributed by atoms with Crippen molar-refractivity contribution < 1.29 is 22.7 Å². The summed E-state index contributed by atoms with van der Waals surface area (Å²) in [4.78, 5) is 16.1. The average molecular weight is 330 g/mol. The van der Waals surface area contributed by atoms with Crippen LogP contribution in [-0.4, -0.2) is 62.1 Å². The monoisotopic (exact) mass is 330 g/mol. The van der Waals surface area contributed by atoms with Gasteiger partial charge in [0.25, 0.3) is 5.91 Å². The third-order valence-electron chi connectivity index (χ3n) is 3.78. The van der Waals surface area contributed by atoms with Crippen molar-refractivity contribution in [2.24, 2.45) is 0 Å². The van der Waals surface area contributed by atoms with Crippen molar-refractivity contribution in [2.75, 3.05) is 40.3 Å². The van der Waals surface area contributed by atoms with E-state index >= 15 is 0 Å². The first-order valence-electron chi connectivity index (χ1n) is 7.50. The van der Waals surface area contributed by atoms with Crippen molar-refractivity contribution in [1.82, 2.24) is 9.80 Å². The lowest BCUT2D eigenvalue weighted by molar-refractivity contribution is -0.137. The Bertz CT molecular complexity index is 529. The molecule has 23 heavy (non-hydrogen) atoms. The van der Waals surface area contributed by atoms with E-state index in [9.17, 15) is 18.0 Å². The van der Waals surface area contributed by atoms with Gasteiger partial charge in [0.1, 0.15) is 0 Å². The fraction of sp³-hybridized carbons (Fsp3) is 0.562. The number of ether oxygens (including phenoxy) is 1. The Balaban J connectivity index is 1.99. The molecule has 1 aromatic rings. The molecule has 1 atom stereocenters. The third-order valence-corrected chi connectivity index (χ3v) is 3.78. The summed E-state index contributed by atoms with van der Waals surface area (Å²) in [5.74, 6) is -0.253. The van der Waals surface area contributed by atoms with Gasteiger partial charge < -0.3 is 14.5 Å². The SMILES string of the molecule is CN(C)CC[C@H]1CN(C(=O)c2ccc(C(F)(F)F)cc2)CCO1. The van der Waals surface area contributed by atoms with Crippen LogP contribution >= 0.6 is 0 Å². The molecule has 1 heterocycles. The highest BCUT2D eigenvalue weighted by atomic mass is 19.4. The van der Waals surface area contributed by atoms with E-state index < -0.39 is 11.7 Å². The number of benzene rings is 1. The van der Waals surface area contributed by atoms with Gasteiger partial charge >= 0.3 is 6.18 Å². The fourth-order valence-corrected chi connectivity index (χ4v) is 2.46. The maximum absolute atomic E-state index is 12.6. The number of hydrogen-bond donors (Lipinski definition) is 0. The Labute approximate surface area is 133 Å². The minimum Gasteiger partial charge on any atom is -0.374 e. The highest BCUT2D eigenvalue weighted by Gasteiger charge is 2.31. The van der Waals surface area contributed by atoms with Gasteiger partial charge in [-0.1, -0.05) is 0 Å². The van der Waals surface area contributed by atoms with Crippen LogP contribution in [0.4, 0.5) is 13.2 Å². The molecular formula is C16H21F3N2O2. The lowest BCUT2D eigenvalue weighted by Gasteiger charge is -2.33. The molecule has 0 unspecified atom stereocenters. The summed E-state index contributed by atoms with van der Waals surface area (Å²) in [7, 11) is 3.93. The van der Waals surface area contributed by atoms with E-state index in [2.05, 4.69) is 0 Å². The zero-order chi connectivity index (χ0) is 17.0. The summed E-state index contributed by atoms with van der Waals surface area (Å²) < 4.78 is 43.3. The van der Waals surface area contributed by atoms with Crippen LogP contribution in [0.25, 0.3) is 0 Å². The first-order chi connectivity index (χ1) is 10.8. The number of carbonyl (C=O) groups excluding carboxylic acids is 1. The van der Waals surface area contributed by atoms with E-state index in [1.807, 2.05) is 19.0 Å². The number of carbonyl (C=O) groups is 1. The van der Waals surface area contributed by atoms with Crippen molar-refractivity contribution in [3.05, 3.63) is 35.4 Å². The second kappa shape index (κ2) is 7.31. The van der Waals surface area contributed by atoms with E-state index in [4.69, 9.17) is 4.74 Å². The molecule has 0 aromatic heterocycles. The minimum atomic E-state index is -4.39. The van der Waals surface area contributed by atoms with Gasteiger partial charge in [0.2, 0.25) is 0 Å². The first kappa shape index (κ1) is 17.7. The highest BCUT2D eigenvalue weighted by Crippen LogP contribution is 2.29. The van der Waals surface area contributed by atoms with Crippen LogP contribution in [0.1, 0.15) is 22.3 Å². The van der Waals surface area contributed by atoms with Crippen molar-refractivity contribution in [3.63, 3.8) is 0 Å². The fourth-order valence-electron chi connectivity index (χ4n) is 2.46. The summed E-state index contributed by atoms with van der Waals surface area (Å²) in [6.07, 6.45) is -3.62. The zero-order valence-electron chi connectivity index (χ0n) is 13.3. The van der Waals surface area contributed by atoms with Crippen LogP contribution in [-0.2, 0) is 10.9 Å². The van der Waals surface area contributed by atoms with Gasteiger partial charge in [-0.25, -0.2) is 0 Å². The second-order valence-corrected chi connectivity index (χ2v) is 5.91. The molecule has 1 aromatic carbocycles. The van der Waals surface area contributed by atoms with E-state index in [1.165, 1.54) is 12.1 Å². The molecule has 128 valence electrons. The van der Waals surface area contributed by atoms with Crippen LogP contribution in [0.15, 0.2) is 24.3 Å². The van der Waals surface area contributed by atoms with E-state index in [0.717, 1.165) is 25.1 Å². The molecule has 1 aliphatic rings. The normalized spacial score (nSPS) is 19.2. The molecule has 4 nitrogen and oxygen atoms in total. The van der Waals surface area contributed by atoms with Gasteiger partial charge in [0.05, 0.1) is 18.3 Å². The van der Waals surface area contributed by atoms with Gasteiger partial charge in [0.15, 0.2) is 0 Å². The molecule has 7 heteroatoms. The first-order valence-corrected chi connectivity index (χ1v) is 7.50. The van der Waals surface area contributed by atoms with Gasteiger partial charge in [-0.15, -0.1) is 0 Å². The molecular weight excluding hydrogens is 309 g/mol. The number of amides is 1. The quantitative estimate of drug-likeness (QED) is 0.850. The predicted octanol–water partition coefficient (Wildman–Crippen LogP) is 2.50. The van der Waals surface area contributed by atoms with Gasteiger partial charge in [-0.05, 0) is 44.8 Å². The summed E-state index contributed by atoms with van der Waals surface area (Å²) in [6.45, 7) is 2.23. The predicted molar refractivity (Wildman–Crippen MR) is 80.3 cm³/mol. The van der Waals surface area contributed by atoms with E-state index in [-0.39, 0.29) is 17.6 Å². The number of rotatable bonds is 4. The molecule has 2 rings (SSSR count). The number of alkyl halides is 3. The summed E-state index contributed by atoms with van der Waals surface area (Å²) in [6, 6.07) is 4.35. The largest absolute Gasteiger partial charge is 0.416 e. The van der Waals surface area contributed by atoms with Crippen LogP contribution < -0.4 is 0 Å². The smallest absolute Gasteiger partial charge is 0.374 e. The molecule has 0 aliphatic carbocycles. The van der Waals surface area contributed by atoms with E-state index in [0.29, 0.717) is 19.7 Å². The molecule has 0 N–H and O–H groups in total. The minimum absolute atomic E-state index is 0.0375. The van der Waals surface area contributed by atoms with Crippen molar-refractivity contribution >= 4 is 5.91 Å². The molecule has 0 bridgehead atoms. The Morgan fingerprint density at radius 2 is 1.96 bits per heavy atom. The maximum atomic E-state index is 12.6. The topological polar surface area (TPSA) is 32.8 Å². The van der Waals surface area contributed by atoms with Crippen molar-refractivity contribution in [1.29, 1.82) is 0 Å². The molecule has 1 amide bonds. The molecule has 0 spiro atoms. The number of nitrogens with zero attached hydrogens (tertiary/aromatic N) is 2. The van der Waals surface area contributed by atoms with Crippen molar-refractivity contribution in [2.45, 2.75) is 18.7 Å². The maximum Gasteiger partial charge on any atom is 0.416 e. The number of halogens is 3. The highest BCUT2D eigenvalue weighted by molar-refractivity contribution is 5.94. The van der Waals surface area contributed by atoms with Crippen LogP contribution in [0.3, 0.4) is 0 Å². The summed E-state index contributed by atoms with van der Waals surface area (Å²) in [5, 5.41) is 0. The van der Waals surface area contributed by atoms with Gasteiger partial charge in [0, 0.05) is 25.2 Å². The molecule has 1 saturated heterocycles. The number of hydrogen-bond acceptors (Lipinski definition) is 3. The standard InChI is InChI=1S/C16H21F3N2O2/c1-20(2)8-7-14-11-21(9-10-23-14)15(22)12-3-5-13(6-4-12)16(17,18)19/h3-6,14H,7-11H2,1-2H3/t14-/m0/s1. The van der Waals surface area contributed by atoms with E-state index in [1.54, 1.807) is 4.90 Å². The zero-order valence-corrected chi connectivity index (χ0v) is 13.3. The second-order valence-electron chi connectivity index (χ2n) is 5.91. The molecule has 1 aliphatic heterocycles. The van der Waals surface area contributed by atoms with Crippen LogP contribution in [0.5, 0.6) is 0 Å². The summed E-state index contributed by atoms with van der Waals surface area (Å²) >= 11 is 0. The van der Waals surface area contributed by atoms with Gasteiger partial charge in [-0.3, -0.25) is 4.79 Å². The molecule has 1 fully saturated rings. The molecule has 0 saturated carbocycles. The Morgan fingerprint density at radius 1 is 1.30 bits per heavy atom. The Kier molecular flexibility index (Phi) is 5.64. The van der Waals surface area contributed by atoms with Gasteiger partial charge in [-0.2, -0.15) is 13.2 Å². The van der Waals surface area contributed by atoms with Crippen LogP contribution in [0.2, 0.25) is 0 Å².